The molecule has 0 amide bonds. The van der Waals surface area contributed by atoms with E-state index in [1.165, 1.54) is 29.1 Å². The summed E-state index contributed by atoms with van der Waals surface area (Å²) in [4.78, 5) is 19.8. The lowest BCUT2D eigenvalue weighted by Gasteiger charge is -2.11. The van der Waals surface area contributed by atoms with Crippen molar-refractivity contribution in [1.82, 2.24) is 14.4 Å². The lowest BCUT2D eigenvalue weighted by atomic mass is 10.0. The summed E-state index contributed by atoms with van der Waals surface area (Å²) in [6.07, 6.45) is 4.68. The zero-order chi connectivity index (χ0) is 23.7. The van der Waals surface area contributed by atoms with Gasteiger partial charge in [0.05, 0.1) is 17.5 Å². The van der Waals surface area contributed by atoms with Crippen LogP contribution in [0.25, 0.3) is 16.9 Å². The van der Waals surface area contributed by atoms with Gasteiger partial charge in [-0.2, -0.15) is 13.2 Å². The van der Waals surface area contributed by atoms with E-state index in [0.29, 0.717) is 17.7 Å². The molecule has 0 aliphatic heterocycles. The molecule has 11 heteroatoms. The molecule has 0 fully saturated rings. The van der Waals surface area contributed by atoms with Crippen molar-refractivity contribution in [3.8, 4) is 17.0 Å². The Labute approximate surface area is 184 Å². The van der Waals surface area contributed by atoms with Gasteiger partial charge in [0.1, 0.15) is 0 Å². The minimum atomic E-state index is -3.29. The first-order valence-electron chi connectivity index (χ1n) is 9.68. The van der Waals surface area contributed by atoms with Gasteiger partial charge >= 0.3 is 12.6 Å². The number of alkyl halides is 2. The number of anilines is 2. The van der Waals surface area contributed by atoms with E-state index < -0.39 is 30.0 Å². The predicted octanol–water partition coefficient (Wildman–Crippen LogP) is 5.28. The first kappa shape index (κ1) is 22.1. The summed E-state index contributed by atoms with van der Waals surface area (Å²) in [5.74, 6) is -4.55. The molecular formula is C22H16F4N4O3. The third-order valence-electron chi connectivity index (χ3n) is 4.95. The molecular weight excluding hydrogens is 444 g/mol. The van der Waals surface area contributed by atoms with E-state index in [9.17, 15) is 27.5 Å². The molecule has 0 saturated carbocycles. The zero-order valence-corrected chi connectivity index (χ0v) is 17.0. The Bertz CT molecular complexity index is 1360. The average Bonchev–Trinajstić information content (AvgIpc) is 3.21. The number of imidazole rings is 1. The van der Waals surface area contributed by atoms with E-state index >= 15 is 0 Å². The highest BCUT2D eigenvalue weighted by atomic mass is 19.3. The van der Waals surface area contributed by atoms with Crippen LogP contribution in [0.2, 0.25) is 0 Å². The van der Waals surface area contributed by atoms with Gasteiger partial charge in [0, 0.05) is 23.6 Å². The van der Waals surface area contributed by atoms with Gasteiger partial charge in [0.25, 0.3) is 0 Å². The summed E-state index contributed by atoms with van der Waals surface area (Å²) >= 11 is 0. The molecule has 2 heterocycles. The fourth-order valence-corrected chi connectivity index (χ4v) is 3.43. The van der Waals surface area contributed by atoms with Gasteiger partial charge in [-0.1, -0.05) is 6.92 Å². The maximum absolute atomic E-state index is 14.6. The van der Waals surface area contributed by atoms with Gasteiger partial charge in [-0.15, -0.1) is 0 Å². The maximum Gasteiger partial charge on any atom is 0.387 e. The number of hydrogen-bond acceptors (Lipinski definition) is 5. The molecule has 0 radical (unpaired) electrons. The fourth-order valence-electron chi connectivity index (χ4n) is 3.43. The highest BCUT2D eigenvalue weighted by Gasteiger charge is 2.21. The van der Waals surface area contributed by atoms with Crippen LogP contribution in [-0.2, 0) is 6.42 Å². The molecule has 4 aromatic rings. The number of aromatic nitrogens is 3. The standard InChI is InChI=1S/C22H16F4N4O3/c1-2-11-9-12(3-4-13(11)21(31)32)29-19-20-28-10-15(30(20)8-7-27-19)14-5-6-16(33-22(25)26)18(24)17(14)23/h3-10,22H,2H2,1H3,(H,27,29)(H,31,32). The number of benzene rings is 2. The number of rotatable bonds is 7. The van der Waals surface area contributed by atoms with Gasteiger partial charge in [0.15, 0.2) is 23.0 Å². The van der Waals surface area contributed by atoms with Crippen LogP contribution in [0.15, 0.2) is 48.9 Å². The Kier molecular flexibility index (Phi) is 5.86. The molecule has 0 spiro atoms. The molecule has 33 heavy (non-hydrogen) atoms. The number of aromatic carboxylic acids is 1. The summed E-state index contributed by atoms with van der Waals surface area (Å²) in [5, 5.41) is 12.3. The Morgan fingerprint density at radius 2 is 1.97 bits per heavy atom. The number of fused-ring (bicyclic) bond motifs is 1. The largest absolute Gasteiger partial charge is 0.478 e. The van der Waals surface area contributed by atoms with Crippen LogP contribution in [0, 0.1) is 11.6 Å². The second-order valence-corrected chi connectivity index (χ2v) is 6.89. The van der Waals surface area contributed by atoms with Crippen molar-refractivity contribution in [2.24, 2.45) is 0 Å². The van der Waals surface area contributed by atoms with Crippen molar-refractivity contribution < 1.29 is 32.2 Å². The predicted molar refractivity (Wildman–Crippen MR) is 111 cm³/mol. The Morgan fingerprint density at radius 1 is 1.18 bits per heavy atom. The van der Waals surface area contributed by atoms with Gasteiger partial charge in [0.2, 0.25) is 5.82 Å². The molecule has 0 atom stereocenters. The molecule has 0 bridgehead atoms. The van der Waals surface area contributed by atoms with Crippen LogP contribution in [0.4, 0.5) is 29.1 Å². The number of nitrogens with one attached hydrogen (secondary N) is 1. The van der Waals surface area contributed by atoms with Crippen LogP contribution in [-0.4, -0.2) is 32.1 Å². The first-order chi connectivity index (χ1) is 15.8. The highest BCUT2D eigenvalue weighted by molar-refractivity contribution is 5.90. The van der Waals surface area contributed by atoms with Crippen molar-refractivity contribution in [2.75, 3.05) is 5.32 Å². The SMILES string of the molecule is CCc1cc(Nc2nccn3c(-c4ccc(OC(F)F)c(F)c4F)cnc23)ccc1C(=O)O. The van der Waals surface area contributed by atoms with E-state index in [1.54, 1.807) is 12.1 Å². The first-order valence-corrected chi connectivity index (χ1v) is 9.68. The molecule has 0 unspecified atom stereocenters. The topological polar surface area (TPSA) is 88.8 Å². The van der Waals surface area contributed by atoms with Crippen molar-refractivity contribution in [2.45, 2.75) is 20.0 Å². The second kappa shape index (κ2) is 8.77. The van der Waals surface area contributed by atoms with Gasteiger partial charge in [-0.05, 0) is 42.3 Å². The van der Waals surface area contributed by atoms with Gasteiger partial charge < -0.3 is 15.2 Å². The van der Waals surface area contributed by atoms with E-state index in [1.807, 2.05) is 6.92 Å². The monoisotopic (exact) mass is 460 g/mol. The van der Waals surface area contributed by atoms with E-state index in [4.69, 9.17) is 0 Å². The number of nitrogens with zero attached hydrogens (tertiary/aromatic N) is 3. The molecule has 0 aliphatic carbocycles. The minimum absolute atomic E-state index is 0.158. The van der Waals surface area contributed by atoms with Crippen LogP contribution in [0.5, 0.6) is 5.75 Å². The number of halogens is 4. The van der Waals surface area contributed by atoms with Gasteiger partial charge in [-0.3, -0.25) is 4.40 Å². The third-order valence-corrected chi connectivity index (χ3v) is 4.95. The van der Waals surface area contributed by atoms with Crippen molar-refractivity contribution in [1.29, 1.82) is 0 Å². The zero-order valence-electron chi connectivity index (χ0n) is 17.0. The fraction of sp³-hybridized carbons (Fsp3) is 0.136. The number of ether oxygens (including phenoxy) is 1. The third kappa shape index (κ3) is 4.16. The lowest BCUT2D eigenvalue weighted by molar-refractivity contribution is -0.0525. The van der Waals surface area contributed by atoms with Crippen LogP contribution in [0.3, 0.4) is 0 Å². The molecule has 0 saturated heterocycles. The van der Waals surface area contributed by atoms with E-state index in [0.717, 1.165) is 12.1 Å². The maximum atomic E-state index is 14.6. The summed E-state index contributed by atoms with van der Waals surface area (Å²) < 4.78 is 59.0. The smallest absolute Gasteiger partial charge is 0.387 e. The summed E-state index contributed by atoms with van der Waals surface area (Å²) in [6, 6.07) is 6.76. The minimum Gasteiger partial charge on any atom is -0.478 e. The molecule has 7 nitrogen and oxygen atoms in total. The van der Waals surface area contributed by atoms with Crippen molar-refractivity contribution in [3.63, 3.8) is 0 Å². The molecule has 2 aromatic carbocycles. The van der Waals surface area contributed by atoms with Crippen LogP contribution < -0.4 is 10.1 Å². The molecule has 2 aromatic heterocycles. The number of carboxylic acid groups (broad SMARTS) is 1. The Morgan fingerprint density at radius 3 is 2.67 bits per heavy atom. The van der Waals surface area contributed by atoms with Crippen molar-refractivity contribution in [3.05, 3.63) is 71.7 Å². The number of carboxylic acids is 1. The number of aryl methyl sites for hydroxylation is 1. The van der Waals surface area contributed by atoms with E-state index in [-0.39, 0.29) is 28.3 Å². The molecule has 2 N–H and O–H groups in total. The highest BCUT2D eigenvalue weighted by Crippen LogP contribution is 2.32. The molecule has 170 valence electrons. The Balaban J connectivity index is 1.73. The van der Waals surface area contributed by atoms with E-state index in [2.05, 4.69) is 20.0 Å². The summed E-state index contributed by atoms with van der Waals surface area (Å²) in [5.41, 5.74) is 1.60. The summed E-state index contributed by atoms with van der Waals surface area (Å²) in [6.45, 7) is -1.46. The Hall–Kier alpha value is -4.15. The second-order valence-electron chi connectivity index (χ2n) is 6.89. The number of carbonyl (C=O) groups is 1. The van der Waals surface area contributed by atoms with Crippen LogP contribution in [0.1, 0.15) is 22.8 Å². The summed E-state index contributed by atoms with van der Waals surface area (Å²) in [7, 11) is 0. The van der Waals surface area contributed by atoms with Crippen LogP contribution >= 0.6 is 0 Å². The lowest BCUT2D eigenvalue weighted by Crippen LogP contribution is -2.06. The van der Waals surface area contributed by atoms with Crippen molar-refractivity contribution >= 4 is 23.1 Å². The average molecular weight is 460 g/mol. The molecule has 0 aliphatic rings. The number of hydrogen-bond donors (Lipinski definition) is 2. The quantitative estimate of drug-likeness (QED) is 0.365. The van der Waals surface area contributed by atoms with Gasteiger partial charge in [-0.25, -0.2) is 19.2 Å². The molecule has 4 rings (SSSR count). The normalized spacial score (nSPS) is 11.2.